The molecule has 2 unspecified atom stereocenters. The van der Waals surface area contributed by atoms with Crippen molar-refractivity contribution in [2.75, 3.05) is 11.9 Å². The summed E-state index contributed by atoms with van der Waals surface area (Å²) in [5.74, 6) is 0. The number of hydrogen-bond donors (Lipinski definition) is 0. The van der Waals surface area contributed by atoms with Gasteiger partial charge >= 0.3 is 0 Å². The number of para-hydroxylation sites is 2. The molecular formula is C27H29N3. The molecule has 3 atom stereocenters. The number of aryl methyl sites for hydroxylation is 1. The molecule has 0 amide bonds. The highest BCUT2D eigenvalue weighted by molar-refractivity contribution is 6.10. The Morgan fingerprint density at radius 3 is 2.37 bits per heavy atom. The molecule has 2 heterocycles. The van der Waals surface area contributed by atoms with Crippen LogP contribution in [0.4, 0.5) is 5.69 Å². The van der Waals surface area contributed by atoms with Crippen molar-refractivity contribution in [2.24, 2.45) is 0 Å². The van der Waals surface area contributed by atoms with E-state index in [1.165, 1.54) is 58.0 Å². The van der Waals surface area contributed by atoms with E-state index in [1.807, 2.05) is 0 Å². The van der Waals surface area contributed by atoms with Gasteiger partial charge in [-0.3, -0.25) is 4.90 Å². The van der Waals surface area contributed by atoms with Crippen molar-refractivity contribution in [3.05, 3.63) is 72.3 Å². The second kappa shape index (κ2) is 6.61. The van der Waals surface area contributed by atoms with Crippen LogP contribution < -0.4 is 4.90 Å². The standard InChI is InChI=1S/C27H29N3/c1-18-15-27-24(17-26(18)29-19(2)28(3)21-13-14-22(29)16-21)23-11-7-8-12-25(23)30(27)20-9-5-4-6-10-20/h4-12,15,17,19,21-22H,13-14,16H2,1-3H3/t19-,21?,22?/m0/s1. The van der Waals surface area contributed by atoms with E-state index in [4.69, 9.17) is 0 Å². The van der Waals surface area contributed by atoms with Crippen molar-refractivity contribution >= 4 is 27.5 Å². The second-order valence-electron chi connectivity index (χ2n) is 9.17. The predicted octanol–water partition coefficient (Wildman–Crippen LogP) is 6.11. The number of nitrogens with zero attached hydrogens (tertiary/aromatic N) is 3. The molecule has 1 saturated carbocycles. The molecule has 1 saturated heterocycles. The lowest BCUT2D eigenvalue weighted by atomic mass is 10.0. The summed E-state index contributed by atoms with van der Waals surface area (Å²) in [6, 6.07) is 25.9. The van der Waals surface area contributed by atoms with Crippen LogP contribution in [-0.4, -0.2) is 34.8 Å². The smallest absolute Gasteiger partial charge is 0.0795 e. The third-order valence-electron chi connectivity index (χ3n) is 7.62. The van der Waals surface area contributed by atoms with Gasteiger partial charge in [0.2, 0.25) is 0 Å². The van der Waals surface area contributed by atoms with Gasteiger partial charge in [0.05, 0.1) is 17.2 Å². The van der Waals surface area contributed by atoms with Crippen molar-refractivity contribution < 1.29 is 0 Å². The fraction of sp³-hybridized carbons (Fsp3) is 0.333. The summed E-state index contributed by atoms with van der Waals surface area (Å²) >= 11 is 0. The minimum atomic E-state index is 0.440. The largest absolute Gasteiger partial charge is 0.353 e. The first kappa shape index (κ1) is 18.0. The van der Waals surface area contributed by atoms with Gasteiger partial charge in [0.1, 0.15) is 0 Å². The topological polar surface area (TPSA) is 11.4 Å². The maximum absolute atomic E-state index is 2.70. The Kier molecular flexibility index (Phi) is 3.97. The molecule has 2 aliphatic rings. The molecule has 0 radical (unpaired) electrons. The van der Waals surface area contributed by atoms with Crippen molar-refractivity contribution in [3.8, 4) is 5.69 Å². The lowest BCUT2D eigenvalue weighted by molar-refractivity contribution is 0.149. The van der Waals surface area contributed by atoms with Crippen LogP contribution in [0.5, 0.6) is 0 Å². The molecule has 4 aromatic rings. The number of benzene rings is 3. The lowest BCUT2D eigenvalue weighted by Gasteiger charge is -2.47. The van der Waals surface area contributed by atoms with Gasteiger partial charge < -0.3 is 9.47 Å². The molecule has 2 fully saturated rings. The van der Waals surface area contributed by atoms with E-state index < -0.39 is 0 Å². The number of hydrogen-bond acceptors (Lipinski definition) is 2. The summed E-state index contributed by atoms with van der Waals surface area (Å²) in [6.07, 6.45) is 4.37. The number of fused-ring (bicyclic) bond motifs is 5. The fourth-order valence-electron chi connectivity index (χ4n) is 6.00. The highest BCUT2D eigenvalue weighted by atomic mass is 15.4. The molecule has 30 heavy (non-hydrogen) atoms. The van der Waals surface area contributed by atoms with Crippen LogP contribution in [0, 0.1) is 6.92 Å². The van der Waals surface area contributed by atoms with E-state index in [9.17, 15) is 0 Å². The minimum Gasteiger partial charge on any atom is -0.353 e. The van der Waals surface area contributed by atoms with Crippen LogP contribution in [0.25, 0.3) is 27.5 Å². The van der Waals surface area contributed by atoms with Crippen LogP contribution in [0.15, 0.2) is 66.7 Å². The van der Waals surface area contributed by atoms with Gasteiger partial charge in [-0.1, -0.05) is 36.4 Å². The van der Waals surface area contributed by atoms with Gasteiger partial charge in [-0.25, -0.2) is 0 Å². The quantitative estimate of drug-likeness (QED) is 0.406. The van der Waals surface area contributed by atoms with Crippen molar-refractivity contribution in [1.29, 1.82) is 0 Å². The molecular weight excluding hydrogens is 366 g/mol. The van der Waals surface area contributed by atoms with Gasteiger partial charge in [0.25, 0.3) is 0 Å². The Balaban J connectivity index is 1.61. The molecule has 152 valence electrons. The van der Waals surface area contributed by atoms with Crippen molar-refractivity contribution in [3.63, 3.8) is 0 Å². The summed E-state index contributed by atoms with van der Waals surface area (Å²) in [7, 11) is 2.30. The zero-order valence-corrected chi connectivity index (χ0v) is 18.0. The van der Waals surface area contributed by atoms with Gasteiger partial charge in [0.15, 0.2) is 0 Å². The van der Waals surface area contributed by atoms with E-state index in [0.29, 0.717) is 12.2 Å². The van der Waals surface area contributed by atoms with Gasteiger partial charge in [0, 0.05) is 34.2 Å². The molecule has 6 rings (SSSR count). The van der Waals surface area contributed by atoms with E-state index in [-0.39, 0.29) is 0 Å². The Hall–Kier alpha value is -2.78. The third-order valence-corrected chi connectivity index (χ3v) is 7.62. The zero-order chi connectivity index (χ0) is 20.4. The first-order valence-electron chi connectivity index (χ1n) is 11.2. The van der Waals surface area contributed by atoms with Crippen LogP contribution in [0.2, 0.25) is 0 Å². The number of aromatic nitrogens is 1. The van der Waals surface area contributed by atoms with Crippen molar-refractivity contribution in [2.45, 2.75) is 51.4 Å². The Labute approximate surface area is 178 Å². The molecule has 1 aromatic heterocycles. The summed E-state index contributed by atoms with van der Waals surface area (Å²) in [6.45, 7) is 4.66. The average Bonchev–Trinajstić information content (AvgIpc) is 3.34. The van der Waals surface area contributed by atoms with Crippen molar-refractivity contribution in [1.82, 2.24) is 9.47 Å². The van der Waals surface area contributed by atoms with Gasteiger partial charge in [-0.15, -0.1) is 0 Å². The molecule has 2 bridgehead atoms. The third kappa shape index (κ3) is 2.48. The zero-order valence-electron chi connectivity index (χ0n) is 18.0. The molecule has 0 spiro atoms. The summed E-state index contributed by atoms with van der Waals surface area (Å²) in [5, 5.41) is 2.69. The van der Waals surface area contributed by atoms with E-state index in [0.717, 1.165) is 6.04 Å². The van der Waals surface area contributed by atoms with E-state index in [2.05, 4.69) is 102 Å². The minimum absolute atomic E-state index is 0.440. The van der Waals surface area contributed by atoms with Crippen LogP contribution >= 0.6 is 0 Å². The molecule has 3 heteroatoms. The predicted molar refractivity (Wildman–Crippen MR) is 127 cm³/mol. The molecule has 0 N–H and O–H groups in total. The number of anilines is 1. The SMILES string of the molecule is Cc1cc2c(cc1N1C3CCC(C3)N(C)[C@@H]1C)c1ccccc1n2-c1ccccc1. The summed E-state index contributed by atoms with van der Waals surface area (Å²) in [5.41, 5.74) is 6.57. The Morgan fingerprint density at radius 2 is 1.53 bits per heavy atom. The van der Waals surface area contributed by atoms with Crippen LogP contribution in [0.3, 0.4) is 0 Å². The first-order chi connectivity index (χ1) is 14.6. The van der Waals surface area contributed by atoms with Crippen LogP contribution in [-0.2, 0) is 0 Å². The monoisotopic (exact) mass is 395 g/mol. The highest BCUT2D eigenvalue weighted by Crippen LogP contribution is 2.42. The van der Waals surface area contributed by atoms with E-state index >= 15 is 0 Å². The maximum Gasteiger partial charge on any atom is 0.0795 e. The lowest BCUT2D eigenvalue weighted by Crippen LogP contribution is -2.56. The highest BCUT2D eigenvalue weighted by Gasteiger charge is 2.42. The van der Waals surface area contributed by atoms with Gasteiger partial charge in [-0.05, 0) is 76.1 Å². The Morgan fingerprint density at radius 1 is 0.800 bits per heavy atom. The Bertz CT molecular complexity index is 1240. The average molecular weight is 396 g/mol. The maximum atomic E-state index is 2.70. The summed E-state index contributed by atoms with van der Waals surface area (Å²) in [4.78, 5) is 5.29. The van der Waals surface area contributed by atoms with E-state index in [1.54, 1.807) is 0 Å². The summed E-state index contributed by atoms with van der Waals surface area (Å²) < 4.78 is 2.42. The second-order valence-corrected chi connectivity index (χ2v) is 9.17. The normalized spacial score (nSPS) is 24.2. The molecule has 3 nitrogen and oxygen atoms in total. The molecule has 3 aromatic carbocycles. The van der Waals surface area contributed by atoms with Crippen LogP contribution in [0.1, 0.15) is 31.7 Å². The molecule has 1 aliphatic carbocycles. The first-order valence-corrected chi connectivity index (χ1v) is 11.2. The fourth-order valence-corrected chi connectivity index (χ4v) is 6.00. The number of rotatable bonds is 2. The van der Waals surface area contributed by atoms with Gasteiger partial charge in [-0.2, -0.15) is 0 Å². The molecule has 1 aliphatic heterocycles.